The Balaban J connectivity index is 1.87. The van der Waals surface area contributed by atoms with Crippen molar-refractivity contribution in [3.63, 3.8) is 0 Å². The van der Waals surface area contributed by atoms with Gasteiger partial charge in [-0.25, -0.2) is 4.39 Å². The van der Waals surface area contributed by atoms with Gasteiger partial charge in [-0.15, -0.1) is 5.10 Å². The van der Waals surface area contributed by atoms with Gasteiger partial charge in [-0.1, -0.05) is 6.07 Å². The zero-order valence-electron chi connectivity index (χ0n) is 13.8. The van der Waals surface area contributed by atoms with Crippen molar-refractivity contribution in [1.29, 1.82) is 0 Å². The summed E-state index contributed by atoms with van der Waals surface area (Å²) in [6.45, 7) is 4.69. The van der Waals surface area contributed by atoms with E-state index in [4.69, 9.17) is 5.73 Å². The van der Waals surface area contributed by atoms with E-state index in [0.29, 0.717) is 12.1 Å². The summed E-state index contributed by atoms with van der Waals surface area (Å²) in [5, 5.41) is 11.7. The Kier molecular flexibility index (Phi) is 3.53. The molecule has 0 bridgehead atoms. The maximum Gasteiger partial charge on any atom is 0.128 e. The molecule has 2 aromatic rings. The Bertz CT molecular complexity index is 875. The molecule has 0 amide bonds. The van der Waals surface area contributed by atoms with Crippen LogP contribution in [0.1, 0.15) is 40.3 Å². The van der Waals surface area contributed by atoms with Crippen molar-refractivity contribution in [3.8, 4) is 11.1 Å². The number of fused-ring (bicyclic) bond motifs is 1. The van der Waals surface area contributed by atoms with Crippen LogP contribution < -0.4 is 5.73 Å². The van der Waals surface area contributed by atoms with E-state index in [9.17, 15) is 4.39 Å². The summed E-state index contributed by atoms with van der Waals surface area (Å²) in [5.41, 5.74) is 14.3. The van der Waals surface area contributed by atoms with Gasteiger partial charge >= 0.3 is 0 Å². The smallest absolute Gasteiger partial charge is 0.128 e. The molecule has 1 atom stereocenters. The van der Waals surface area contributed by atoms with E-state index in [1.165, 1.54) is 0 Å². The third-order valence-corrected chi connectivity index (χ3v) is 4.96. The number of hydrogen-bond donors (Lipinski definition) is 1. The third-order valence-electron chi connectivity index (χ3n) is 4.96. The lowest BCUT2D eigenvalue weighted by atomic mass is 9.88. The van der Waals surface area contributed by atoms with Gasteiger partial charge in [0.25, 0.3) is 0 Å². The molecule has 5 heteroatoms. The van der Waals surface area contributed by atoms with Crippen LogP contribution in [0.3, 0.4) is 0 Å². The highest BCUT2D eigenvalue weighted by atomic mass is 19.1. The number of nitrogens with zero attached hydrogens (tertiary/aromatic N) is 3. The molecule has 2 N–H and O–H groups in total. The fourth-order valence-electron chi connectivity index (χ4n) is 3.90. The van der Waals surface area contributed by atoms with Gasteiger partial charge in [0.1, 0.15) is 12.4 Å². The van der Waals surface area contributed by atoms with Gasteiger partial charge in [-0.2, -0.15) is 5.11 Å². The first-order valence-electron chi connectivity index (χ1n) is 8.18. The fraction of sp³-hybridized carbons (Fsp3) is 0.316. The molecule has 1 heterocycles. The molecular weight excluding hydrogens is 303 g/mol. The molecule has 2 aromatic carbocycles. The summed E-state index contributed by atoms with van der Waals surface area (Å²) in [4.78, 5) is 0. The average molecular weight is 322 g/mol. The second kappa shape index (κ2) is 5.60. The first-order valence-corrected chi connectivity index (χ1v) is 8.18. The molecule has 0 spiro atoms. The minimum atomic E-state index is -0.198. The molecule has 0 saturated heterocycles. The molecular formula is C19H19FN4. The van der Waals surface area contributed by atoms with Crippen LogP contribution in [0, 0.1) is 19.7 Å². The molecule has 1 aliphatic heterocycles. The first kappa shape index (κ1) is 15.1. The fourth-order valence-corrected chi connectivity index (χ4v) is 3.90. The van der Waals surface area contributed by atoms with Crippen molar-refractivity contribution in [2.75, 3.05) is 6.54 Å². The van der Waals surface area contributed by atoms with Crippen LogP contribution in [-0.2, 0) is 6.42 Å². The van der Waals surface area contributed by atoms with Crippen molar-refractivity contribution in [1.82, 2.24) is 0 Å². The van der Waals surface area contributed by atoms with Crippen LogP contribution in [0.15, 0.2) is 39.7 Å². The molecule has 0 aromatic heterocycles. The highest BCUT2D eigenvalue weighted by Gasteiger charge is 2.27. The van der Waals surface area contributed by atoms with E-state index < -0.39 is 0 Å². The van der Waals surface area contributed by atoms with Crippen LogP contribution >= 0.6 is 0 Å². The highest BCUT2D eigenvalue weighted by Crippen LogP contribution is 2.40. The zero-order valence-corrected chi connectivity index (χ0v) is 13.8. The molecule has 4 rings (SSSR count). The second-order valence-electron chi connectivity index (χ2n) is 6.55. The summed E-state index contributed by atoms with van der Waals surface area (Å²) in [6.07, 6.45) is 1.63. The lowest BCUT2D eigenvalue weighted by Crippen LogP contribution is -2.08. The van der Waals surface area contributed by atoms with Gasteiger partial charge in [-0.05, 0) is 77.9 Å². The number of hydrogen-bond acceptors (Lipinski definition) is 4. The number of benzene rings is 2. The van der Waals surface area contributed by atoms with Gasteiger partial charge in [0.2, 0.25) is 0 Å². The summed E-state index contributed by atoms with van der Waals surface area (Å²) in [5.74, 6) is -0.186. The molecule has 24 heavy (non-hydrogen) atoms. The average Bonchev–Trinajstić information content (AvgIpc) is 3.19. The number of aryl methyl sites for hydroxylation is 2. The molecule has 0 fully saturated rings. The number of halogens is 1. The van der Waals surface area contributed by atoms with E-state index in [-0.39, 0.29) is 11.9 Å². The van der Waals surface area contributed by atoms with Crippen LogP contribution in [-0.4, -0.2) is 12.3 Å². The zero-order chi connectivity index (χ0) is 16.8. The molecule has 1 aliphatic carbocycles. The van der Waals surface area contributed by atoms with Crippen molar-refractivity contribution < 1.29 is 4.39 Å². The van der Waals surface area contributed by atoms with E-state index in [1.807, 2.05) is 6.07 Å². The quantitative estimate of drug-likeness (QED) is 0.883. The number of nitrogens with two attached hydrogens (primary N) is 1. The largest absolute Gasteiger partial charge is 0.324 e. The maximum atomic E-state index is 14.2. The van der Waals surface area contributed by atoms with Crippen LogP contribution in [0.2, 0.25) is 0 Å². The third kappa shape index (κ3) is 2.27. The predicted molar refractivity (Wildman–Crippen MR) is 92.8 cm³/mol. The molecule has 0 radical (unpaired) electrons. The van der Waals surface area contributed by atoms with Crippen LogP contribution in [0.5, 0.6) is 0 Å². The van der Waals surface area contributed by atoms with Gasteiger partial charge in [-0.3, -0.25) is 0 Å². The van der Waals surface area contributed by atoms with E-state index in [1.54, 1.807) is 6.07 Å². The Hall–Kier alpha value is -2.40. The topological polar surface area (TPSA) is 63.1 Å². The Morgan fingerprint density at radius 2 is 1.92 bits per heavy atom. The van der Waals surface area contributed by atoms with E-state index >= 15 is 0 Å². The minimum Gasteiger partial charge on any atom is -0.324 e. The maximum absolute atomic E-state index is 14.2. The lowest BCUT2D eigenvalue weighted by molar-refractivity contribution is 0.589. The van der Waals surface area contributed by atoms with Crippen molar-refractivity contribution in [2.45, 2.75) is 32.7 Å². The molecule has 0 saturated carbocycles. The van der Waals surface area contributed by atoms with Gasteiger partial charge < -0.3 is 5.73 Å². The standard InChI is InChI=1S/C19H19FN4/c1-10-7-12(17-9-22-24-23-17)8-11(2)18(10)13-3-5-15(20)19-14(13)4-6-16(19)21/h3,5,7-8,16H,4,6,9,21H2,1-2H3/t16-/m1/s1. The Labute approximate surface area is 140 Å². The van der Waals surface area contributed by atoms with Crippen LogP contribution in [0.4, 0.5) is 4.39 Å². The normalized spacial score (nSPS) is 18.8. The van der Waals surface area contributed by atoms with Gasteiger partial charge in [0, 0.05) is 17.2 Å². The van der Waals surface area contributed by atoms with E-state index in [2.05, 4.69) is 41.4 Å². The second-order valence-corrected chi connectivity index (χ2v) is 6.55. The van der Waals surface area contributed by atoms with Crippen LogP contribution in [0.25, 0.3) is 11.1 Å². The Morgan fingerprint density at radius 1 is 1.17 bits per heavy atom. The lowest BCUT2D eigenvalue weighted by Gasteiger charge is -2.17. The summed E-state index contributed by atoms with van der Waals surface area (Å²) in [7, 11) is 0. The summed E-state index contributed by atoms with van der Waals surface area (Å²) >= 11 is 0. The summed E-state index contributed by atoms with van der Waals surface area (Å²) in [6, 6.07) is 7.46. The predicted octanol–water partition coefficient (Wildman–Crippen LogP) is 4.23. The van der Waals surface area contributed by atoms with Crippen molar-refractivity contribution in [3.05, 3.63) is 57.9 Å². The monoisotopic (exact) mass is 322 g/mol. The molecule has 0 unspecified atom stereocenters. The molecule has 4 nitrogen and oxygen atoms in total. The van der Waals surface area contributed by atoms with Crippen molar-refractivity contribution in [2.24, 2.45) is 21.2 Å². The number of rotatable bonds is 2. The minimum absolute atomic E-state index is 0.186. The summed E-state index contributed by atoms with van der Waals surface area (Å²) < 4.78 is 14.2. The first-order chi connectivity index (χ1) is 11.6. The Morgan fingerprint density at radius 3 is 2.58 bits per heavy atom. The van der Waals surface area contributed by atoms with Gasteiger partial charge in [0.05, 0.1) is 5.71 Å². The van der Waals surface area contributed by atoms with Crippen molar-refractivity contribution >= 4 is 5.71 Å². The molecule has 2 aliphatic rings. The SMILES string of the molecule is Cc1cc(C2=NN=NC2)cc(C)c1-c1ccc(F)c2c1CC[C@H]2N. The van der Waals surface area contributed by atoms with E-state index in [0.717, 1.165) is 51.9 Å². The highest BCUT2D eigenvalue weighted by molar-refractivity contribution is 6.03. The van der Waals surface area contributed by atoms with Gasteiger partial charge in [0.15, 0.2) is 0 Å². The molecule has 122 valence electrons.